The minimum Gasteiger partial charge on any atom is -0.474 e. The second kappa shape index (κ2) is 10.7. The van der Waals surface area contributed by atoms with E-state index in [1.165, 1.54) is 12.5 Å². The molecule has 1 saturated carbocycles. The maximum Gasteiger partial charge on any atom is 0.388 e. The number of aromatic nitrogens is 7. The second-order valence-electron chi connectivity index (χ2n) is 9.33. The van der Waals surface area contributed by atoms with E-state index in [2.05, 4.69) is 42.5 Å². The lowest BCUT2D eigenvalue weighted by atomic mass is 10.1. The van der Waals surface area contributed by atoms with Crippen LogP contribution in [0.15, 0.2) is 29.7 Å². The van der Waals surface area contributed by atoms with Crippen molar-refractivity contribution in [3.05, 3.63) is 35.3 Å². The molecule has 1 aliphatic carbocycles. The van der Waals surface area contributed by atoms with Gasteiger partial charge in [0.05, 0.1) is 25.6 Å². The normalized spacial score (nSPS) is 38.7. The quantitative estimate of drug-likeness (QED) is 0.225. The number of nitrogens with zero attached hydrogens (tertiary/aromatic N) is 6. The van der Waals surface area contributed by atoms with Crippen molar-refractivity contribution in [2.75, 3.05) is 19.8 Å². The first-order valence-corrected chi connectivity index (χ1v) is 17.2. The summed E-state index contributed by atoms with van der Waals surface area (Å²) in [6.45, 7) is -9.23. The highest BCUT2D eigenvalue weighted by molar-refractivity contribution is 8.44. The van der Waals surface area contributed by atoms with Crippen LogP contribution in [0.1, 0.15) is 12.8 Å². The predicted molar refractivity (Wildman–Crippen MR) is 140 cm³/mol. The van der Waals surface area contributed by atoms with E-state index in [0.717, 1.165) is 11.0 Å². The number of hydrogen-bond acceptors (Lipinski definition) is 15. The van der Waals surface area contributed by atoms with Gasteiger partial charge in [0.2, 0.25) is 11.6 Å². The third kappa shape index (κ3) is 5.48. The lowest BCUT2D eigenvalue weighted by molar-refractivity contribution is -0.101. The number of ether oxygens (including phenoxy) is 2. The summed E-state index contributed by atoms with van der Waals surface area (Å²) in [5.41, 5.74) is -2.89. The van der Waals surface area contributed by atoms with Gasteiger partial charge in [-0.1, -0.05) is 17.5 Å². The van der Waals surface area contributed by atoms with Gasteiger partial charge >= 0.3 is 13.5 Å². The average Bonchev–Trinajstić information content (AvgIpc) is 3.59. The van der Waals surface area contributed by atoms with Crippen LogP contribution < -0.4 is 10.3 Å². The Morgan fingerprint density at radius 2 is 2.10 bits per heavy atom. The number of aromatic amines is 1. The van der Waals surface area contributed by atoms with E-state index in [4.69, 9.17) is 39.4 Å². The van der Waals surface area contributed by atoms with Gasteiger partial charge in [0.1, 0.15) is 31.2 Å². The van der Waals surface area contributed by atoms with Crippen molar-refractivity contribution in [1.82, 2.24) is 34.9 Å². The topological polar surface area (TPSA) is 215 Å². The molecule has 216 valence electrons. The molecule has 6 rings (SSSR count). The maximum absolute atomic E-state index is 13.6. The van der Waals surface area contributed by atoms with Crippen molar-refractivity contribution in [2.24, 2.45) is 5.92 Å². The van der Waals surface area contributed by atoms with Crippen molar-refractivity contribution < 1.29 is 42.1 Å². The van der Waals surface area contributed by atoms with Gasteiger partial charge < -0.3 is 38.0 Å². The molecule has 2 bridgehead atoms. The minimum atomic E-state index is -4.29. The van der Waals surface area contributed by atoms with Crippen molar-refractivity contribution in [3.63, 3.8) is 0 Å². The highest BCUT2D eigenvalue weighted by Crippen LogP contribution is 2.60. The third-order valence-corrected chi connectivity index (χ3v) is 9.95. The molecule has 21 heteroatoms. The van der Waals surface area contributed by atoms with Crippen LogP contribution in [0, 0.1) is 5.92 Å². The van der Waals surface area contributed by atoms with Crippen LogP contribution in [0.5, 0.6) is 5.88 Å². The highest BCUT2D eigenvalue weighted by Gasteiger charge is 2.58. The van der Waals surface area contributed by atoms with E-state index in [1.807, 2.05) is 0 Å². The van der Waals surface area contributed by atoms with E-state index in [1.54, 1.807) is 6.07 Å². The molecular formula is C19H23N7O10P2S2. The highest BCUT2D eigenvalue weighted by atomic mass is 32.7. The molecule has 8 atom stereocenters. The summed E-state index contributed by atoms with van der Waals surface area (Å²) in [5.74, 6) is -0.133. The summed E-state index contributed by atoms with van der Waals surface area (Å²) >= 11 is 9.40. The molecule has 0 radical (unpaired) electrons. The van der Waals surface area contributed by atoms with E-state index in [-0.39, 0.29) is 24.2 Å². The van der Waals surface area contributed by atoms with Gasteiger partial charge in [0.25, 0.3) is 5.56 Å². The molecule has 3 aliphatic rings. The Hall–Kier alpha value is -1.89. The van der Waals surface area contributed by atoms with E-state index in [9.17, 15) is 19.4 Å². The zero-order chi connectivity index (χ0) is 28.1. The number of thiol groups is 1. The number of H-pyrrole nitrogens is 1. The smallest absolute Gasteiger partial charge is 0.388 e. The molecule has 3 aromatic heterocycles. The fourth-order valence-corrected chi connectivity index (χ4v) is 8.10. The molecule has 3 N–H and O–H groups in total. The fourth-order valence-electron chi connectivity index (χ4n) is 4.90. The monoisotopic (exact) mass is 635 g/mol. The number of aliphatic hydroxyl groups excluding tert-OH is 1. The van der Waals surface area contributed by atoms with Crippen molar-refractivity contribution in [3.8, 4) is 5.88 Å². The van der Waals surface area contributed by atoms with Crippen LogP contribution in [0.3, 0.4) is 0 Å². The Kier molecular flexibility index (Phi) is 7.59. The molecule has 2 aliphatic heterocycles. The van der Waals surface area contributed by atoms with Crippen LogP contribution in [0.2, 0.25) is 0 Å². The molecule has 2 saturated heterocycles. The maximum atomic E-state index is 13.6. The average molecular weight is 636 g/mol. The van der Waals surface area contributed by atoms with Crippen LogP contribution in [-0.4, -0.2) is 89.2 Å². The number of hydrogen-bond donors (Lipinski definition) is 4. The Balaban J connectivity index is 1.32. The van der Waals surface area contributed by atoms with Crippen molar-refractivity contribution >= 4 is 48.7 Å². The first-order chi connectivity index (χ1) is 19.1. The summed E-state index contributed by atoms with van der Waals surface area (Å²) in [4.78, 5) is 37.4. The van der Waals surface area contributed by atoms with Crippen LogP contribution >= 0.6 is 25.8 Å². The van der Waals surface area contributed by atoms with Crippen LogP contribution in [0.25, 0.3) is 11.2 Å². The summed E-state index contributed by atoms with van der Waals surface area (Å²) < 4.78 is 49.1. The molecule has 0 amide bonds. The number of aliphatic hydroxyl groups is 1. The fraction of sp³-hybridized carbons (Fsp3) is 0.579. The molecule has 40 heavy (non-hydrogen) atoms. The number of rotatable bonds is 3. The SMILES string of the molecule is O=c1[nH]cnc2c1nnn2[C@]12CO[C@@H](COP(O)(=S)O[C@H]3C[C@H](Oc4ccncn4)CC3COP(=O)(S)O1)[C@H]2O. The lowest BCUT2D eigenvalue weighted by Crippen LogP contribution is -2.49. The molecule has 17 nitrogen and oxygen atoms in total. The van der Waals surface area contributed by atoms with Gasteiger partial charge in [-0.25, -0.2) is 19.5 Å². The molecule has 5 heterocycles. The Morgan fingerprint density at radius 3 is 2.90 bits per heavy atom. The summed E-state index contributed by atoms with van der Waals surface area (Å²) in [7, 11) is 0. The molecule has 3 fully saturated rings. The van der Waals surface area contributed by atoms with E-state index in [0.29, 0.717) is 12.3 Å². The Labute approximate surface area is 235 Å². The van der Waals surface area contributed by atoms with E-state index < -0.39 is 68.3 Å². The summed E-state index contributed by atoms with van der Waals surface area (Å²) in [5, 5.41) is 19.1. The van der Waals surface area contributed by atoms with Crippen molar-refractivity contribution in [1.29, 1.82) is 0 Å². The first-order valence-electron chi connectivity index (χ1n) is 11.9. The Bertz CT molecular complexity index is 1550. The van der Waals surface area contributed by atoms with Crippen LogP contribution in [0.4, 0.5) is 0 Å². The van der Waals surface area contributed by atoms with Crippen molar-refractivity contribution in [2.45, 2.75) is 43.0 Å². The van der Waals surface area contributed by atoms with Gasteiger partial charge in [-0.3, -0.25) is 9.32 Å². The molecule has 0 spiro atoms. The molecule has 3 aromatic rings. The third-order valence-electron chi connectivity index (χ3n) is 6.75. The number of nitrogens with one attached hydrogen (secondary N) is 1. The zero-order valence-electron chi connectivity index (χ0n) is 20.3. The standard InChI is InChI=1S/C19H23N7O10P2S2/c27-16-13-6-33-37(29,39)35-12-4-11(34-14-1-2-20-8-21-14)3-10(12)5-32-38(30,40)36-19(16,7-31-13)26-17-15(24-25-26)18(28)23-9-22-17/h1-2,8-13,16,27H,3-7H2,(H,29,39)(H,30,40)(H,22,23,28)/t10?,11-,12+,13+,16-,19-,37?,38?/m1/s1. The zero-order valence-corrected chi connectivity index (χ0v) is 23.8. The summed E-state index contributed by atoms with van der Waals surface area (Å²) in [6, 6.07) is 1.60. The molecule has 0 aromatic carbocycles. The van der Waals surface area contributed by atoms with Gasteiger partial charge in [0, 0.05) is 24.6 Å². The lowest BCUT2D eigenvalue weighted by Gasteiger charge is -2.33. The van der Waals surface area contributed by atoms with Gasteiger partial charge in [-0.2, -0.15) is 4.68 Å². The predicted octanol–water partition coefficient (Wildman–Crippen LogP) is 0.278. The number of fused-ring (bicyclic) bond motifs is 4. The Morgan fingerprint density at radius 1 is 1.25 bits per heavy atom. The molecular weight excluding hydrogens is 612 g/mol. The van der Waals surface area contributed by atoms with Gasteiger partial charge in [0.15, 0.2) is 11.2 Å². The van der Waals surface area contributed by atoms with Gasteiger partial charge in [-0.15, -0.1) is 5.10 Å². The second-order valence-corrected chi connectivity index (χ2v) is 15.0. The van der Waals surface area contributed by atoms with Gasteiger partial charge in [-0.05, 0) is 18.2 Å². The largest absolute Gasteiger partial charge is 0.474 e. The molecule has 3 unspecified atom stereocenters. The summed E-state index contributed by atoms with van der Waals surface area (Å²) in [6.07, 6.45) is 0.722. The minimum absolute atomic E-state index is 0.0817. The first kappa shape index (κ1) is 28.2. The van der Waals surface area contributed by atoms with Crippen LogP contribution in [-0.2, 0) is 44.9 Å². The van der Waals surface area contributed by atoms with E-state index >= 15 is 0 Å².